The predicted octanol–water partition coefficient (Wildman–Crippen LogP) is 2.57. The maximum Gasteiger partial charge on any atom is 0.243 e. The van der Waals surface area contributed by atoms with Gasteiger partial charge in [0.1, 0.15) is 11.6 Å². The zero-order chi connectivity index (χ0) is 19.5. The SMILES string of the molecule is Cc1ccc(S(=O)(=O)N(C)C)cc1NCC(=O)Nc1cc(F)cc(F)c1. The van der Waals surface area contributed by atoms with E-state index in [0.29, 0.717) is 11.8 Å². The third-order valence-electron chi connectivity index (χ3n) is 3.57. The van der Waals surface area contributed by atoms with Crippen LogP contribution in [0.3, 0.4) is 0 Å². The lowest BCUT2D eigenvalue weighted by atomic mass is 10.2. The fourth-order valence-electron chi connectivity index (χ4n) is 2.17. The van der Waals surface area contributed by atoms with Gasteiger partial charge in [-0.3, -0.25) is 4.79 Å². The molecule has 0 heterocycles. The minimum Gasteiger partial charge on any atom is -0.376 e. The first-order valence-electron chi connectivity index (χ1n) is 7.62. The molecule has 2 N–H and O–H groups in total. The molecule has 2 rings (SSSR count). The lowest BCUT2D eigenvalue weighted by Gasteiger charge is -2.15. The van der Waals surface area contributed by atoms with Gasteiger partial charge >= 0.3 is 0 Å². The summed E-state index contributed by atoms with van der Waals surface area (Å²) in [5.41, 5.74) is 1.20. The summed E-state index contributed by atoms with van der Waals surface area (Å²) in [5, 5.41) is 5.20. The van der Waals surface area contributed by atoms with Crippen LogP contribution in [0.5, 0.6) is 0 Å². The molecule has 0 radical (unpaired) electrons. The number of sulfonamides is 1. The Bertz CT molecular complexity index is 911. The van der Waals surface area contributed by atoms with Crippen LogP contribution in [0.1, 0.15) is 5.56 Å². The first-order valence-corrected chi connectivity index (χ1v) is 9.06. The van der Waals surface area contributed by atoms with Crippen LogP contribution >= 0.6 is 0 Å². The first kappa shape index (κ1) is 19.8. The fourth-order valence-corrected chi connectivity index (χ4v) is 3.10. The number of benzene rings is 2. The number of aryl methyl sites for hydroxylation is 1. The predicted molar refractivity (Wildman–Crippen MR) is 95.5 cm³/mol. The zero-order valence-electron chi connectivity index (χ0n) is 14.5. The minimum absolute atomic E-state index is 0.00467. The fraction of sp³-hybridized carbons (Fsp3) is 0.235. The van der Waals surface area contributed by atoms with Crippen molar-refractivity contribution in [2.75, 3.05) is 31.3 Å². The summed E-state index contributed by atoms with van der Waals surface area (Å²) >= 11 is 0. The number of anilines is 2. The summed E-state index contributed by atoms with van der Waals surface area (Å²) in [6.45, 7) is 1.55. The van der Waals surface area contributed by atoms with Gasteiger partial charge in [0.2, 0.25) is 15.9 Å². The van der Waals surface area contributed by atoms with Gasteiger partial charge < -0.3 is 10.6 Å². The van der Waals surface area contributed by atoms with E-state index in [1.54, 1.807) is 13.0 Å². The molecule has 0 spiro atoms. The molecule has 1 amide bonds. The number of nitrogens with one attached hydrogen (secondary N) is 2. The molecule has 26 heavy (non-hydrogen) atoms. The van der Waals surface area contributed by atoms with E-state index in [0.717, 1.165) is 22.0 Å². The van der Waals surface area contributed by atoms with E-state index in [4.69, 9.17) is 0 Å². The van der Waals surface area contributed by atoms with Crippen molar-refractivity contribution >= 4 is 27.3 Å². The van der Waals surface area contributed by atoms with Gasteiger partial charge in [-0.2, -0.15) is 0 Å². The Morgan fingerprint density at radius 1 is 1.08 bits per heavy atom. The van der Waals surface area contributed by atoms with Gasteiger partial charge in [-0.15, -0.1) is 0 Å². The molecule has 6 nitrogen and oxygen atoms in total. The number of hydrogen-bond acceptors (Lipinski definition) is 4. The van der Waals surface area contributed by atoms with Crippen molar-refractivity contribution in [2.24, 2.45) is 0 Å². The second-order valence-electron chi connectivity index (χ2n) is 5.82. The molecule has 0 aliphatic rings. The quantitative estimate of drug-likeness (QED) is 0.804. The molecule has 0 saturated heterocycles. The van der Waals surface area contributed by atoms with Crippen LogP contribution in [-0.4, -0.2) is 39.3 Å². The van der Waals surface area contributed by atoms with E-state index in [1.165, 1.54) is 26.2 Å². The number of carbonyl (C=O) groups is 1. The highest BCUT2D eigenvalue weighted by Gasteiger charge is 2.18. The van der Waals surface area contributed by atoms with Crippen molar-refractivity contribution in [2.45, 2.75) is 11.8 Å². The van der Waals surface area contributed by atoms with Crippen molar-refractivity contribution in [3.8, 4) is 0 Å². The molecule has 0 atom stereocenters. The Hall–Kier alpha value is -2.52. The summed E-state index contributed by atoms with van der Waals surface area (Å²) in [7, 11) is -0.754. The average Bonchev–Trinajstić information content (AvgIpc) is 2.52. The monoisotopic (exact) mass is 383 g/mol. The molecule has 0 aliphatic heterocycles. The second-order valence-corrected chi connectivity index (χ2v) is 7.98. The van der Waals surface area contributed by atoms with Crippen LogP contribution in [-0.2, 0) is 14.8 Å². The number of rotatable bonds is 6. The molecule has 0 aliphatic carbocycles. The van der Waals surface area contributed by atoms with Crippen molar-refractivity contribution in [3.63, 3.8) is 0 Å². The third kappa shape index (κ3) is 4.77. The van der Waals surface area contributed by atoms with Crippen LogP contribution in [0.4, 0.5) is 20.2 Å². The molecule has 0 bridgehead atoms. The molecular weight excluding hydrogens is 364 g/mol. The zero-order valence-corrected chi connectivity index (χ0v) is 15.3. The van der Waals surface area contributed by atoms with Crippen molar-refractivity contribution in [3.05, 3.63) is 53.6 Å². The Labute approximate surface area is 150 Å². The van der Waals surface area contributed by atoms with Crippen molar-refractivity contribution in [1.82, 2.24) is 4.31 Å². The number of hydrogen-bond donors (Lipinski definition) is 2. The van der Waals surface area contributed by atoms with Crippen molar-refractivity contribution < 1.29 is 22.0 Å². The van der Waals surface area contributed by atoms with Crippen LogP contribution < -0.4 is 10.6 Å². The van der Waals surface area contributed by atoms with Gasteiger partial charge in [0.15, 0.2) is 0 Å². The highest BCUT2D eigenvalue weighted by molar-refractivity contribution is 7.89. The van der Waals surface area contributed by atoms with E-state index in [2.05, 4.69) is 10.6 Å². The lowest BCUT2D eigenvalue weighted by Crippen LogP contribution is -2.24. The third-order valence-corrected chi connectivity index (χ3v) is 5.38. The molecule has 0 unspecified atom stereocenters. The van der Waals surface area contributed by atoms with Crippen LogP contribution in [0.25, 0.3) is 0 Å². The Morgan fingerprint density at radius 3 is 2.27 bits per heavy atom. The van der Waals surface area contributed by atoms with E-state index in [-0.39, 0.29) is 17.1 Å². The minimum atomic E-state index is -3.60. The molecule has 2 aromatic carbocycles. The molecular formula is C17H19F2N3O3S. The topological polar surface area (TPSA) is 78.5 Å². The van der Waals surface area contributed by atoms with Gasteiger partial charge in [-0.1, -0.05) is 6.07 Å². The van der Waals surface area contributed by atoms with Gasteiger partial charge in [0.05, 0.1) is 11.4 Å². The smallest absolute Gasteiger partial charge is 0.243 e. The number of amides is 1. The molecule has 2 aromatic rings. The molecule has 0 saturated carbocycles. The molecule has 0 fully saturated rings. The highest BCUT2D eigenvalue weighted by atomic mass is 32.2. The lowest BCUT2D eigenvalue weighted by molar-refractivity contribution is -0.114. The molecule has 140 valence electrons. The standard InChI is InChI=1S/C17H19F2N3O3S/c1-11-4-5-15(26(24,25)22(2)3)9-16(11)20-10-17(23)21-14-7-12(18)6-13(19)8-14/h4-9,20H,10H2,1-3H3,(H,21,23). The average molecular weight is 383 g/mol. The summed E-state index contributed by atoms with van der Waals surface area (Å²) in [6, 6.07) is 7.23. The van der Waals surface area contributed by atoms with Crippen LogP contribution in [0, 0.1) is 18.6 Å². The van der Waals surface area contributed by atoms with Gasteiger partial charge in [0.25, 0.3) is 0 Å². The highest BCUT2D eigenvalue weighted by Crippen LogP contribution is 2.22. The van der Waals surface area contributed by atoms with Gasteiger partial charge in [0, 0.05) is 31.5 Å². The Balaban J connectivity index is 2.10. The summed E-state index contributed by atoms with van der Waals surface area (Å²) in [6.07, 6.45) is 0. The van der Waals surface area contributed by atoms with Crippen LogP contribution in [0.2, 0.25) is 0 Å². The summed E-state index contributed by atoms with van der Waals surface area (Å²) in [4.78, 5) is 12.1. The van der Waals surface area contributed by atoms with E-state index in [1.807, 2.05) is 0 Å². The first-order chi connectivity index (χ1) is 12.1. The molecule has 0 aromatic heterocycles. The summed E-state index contributed by atoms with van der Waals surface area (Å²) < 4.78 is 51.7. The maximum atomic E-state index is 13.1. The van der Waals surface area contributed by atoms with E-state index >= 15 is 0 Å². The van der Waals surface area contributed by atoms with Crippen molar-refractivity contribution in [1.29, 1.82) is 0 Å². The normalized spacial score (nSPS) is 11.5. The van der Waals surface area contributed by atoms with Gasteiger partial charge in [-0.25, -0.2) is 21.5 Å². The number of nitrogens with zero attached hydrogens (tertiary/aromatic N) is 1. The second kappa shape index (κ2) is 7.79. The van der Waals surface area contributed by atoms with E-state index in [9.17, 15) is 22.0 Å². The van der Waals surface area contributed by atoms with Crippen LogP contribution in [0.15, 0.2) is 41.3 Å². The number of halogens is 2. The summed E-state index contributed by atoms with van der Waals surface area (Å²) in [5.74, 6) is -2.13. The number of carbonyl (C=O) groups excluding carboxylic acids is 1. The Morgan fingerprint density at radius 2 is 1.69 bits per heavy atom. The molecule has 9 heteroatoms. The van der Waals surface area contributed by atoms with Gasteiger partial charge in [-0.05, 0) is 36.8 Å². The Kier molecular flexibility index (Phi) is 5.94. The van der Waals surface area contributed by atoms with E-state index < -0.39 is 27.6 Å². The maximum absolute atomic E-state index is 13.1. The largest absolute Gasteiger partial charge is 0.376 e.